The first-order valence-corrected chi connectivity index (χ1v) is 11.8. The van der Waals surface area contributed by atoms with Gasteiger partial charge in [0.15, 0.2) is 0 Å². The average Bonchev–Trinajstić information content (AvgIpc) is 2.81. The Morgan fingerprint density at radius 2 is 1.69 bits per heavy atom. The van der Waals surface area contributed by atoms with Gasteiger partial charge in [-0.05, 0) is 24.1 Å². The number of piperazine rings is 1. The van der Waals surface area contributed by atoms with Crippen molar-refractivity contribution in [3.63, 3.8) is 0 Å². The Morgan fingerprint density at radius 1 is 1.00 bits per heavy atom. The molecule has 2 N–H and O–H groups in total. The number of hydrogen-bond acceptors (Lipinski definition) is 5. The maximum Gasteiger partial charge on any atom is 0.328 e. The molecule has 1 saturated heterocycles. The Morgan fingerprint density at radius 3 is 2.23 bits per heavy atom. The van der Waals surface area contributed by atoms with Crippen molar-refractivity contribution < 1.29 is 29.4 Å². The minimum Gasteiger partial charge on any atom is -0.478 e. The summed E-state index contributed by atoms with van der Waals surface area (Å²) in [6.07, 6.45) is 6.78. The SMILES string of the molecule is CC(=O)N1CCN(C(=O)Cc2ccc(Cl)c(Cl)c2)C(CN2CC=CCC2)C1.O=C(O)/C=C/C(=O)O. The van der Waals surface area contributed by atoms with Gasteiger partial charge < -0.3 is 20.0 Å². The first kappa shape index (κ1) is 28.4. The molecule has 0 saturated carbocycles. The van der Waals surface area contributed by atoms with Gasteiger partial charge in [0.25, 0.3) is 0 Å². The van der Waals surface area contributed by atoms with Gasteiger partial charge in [-0.25, -0.2) is 9.59 Å². The highest BCUT2D eigenvalue weighted by atomic mass is 35.5. The molecule has 2 aliphatic rings. The normalized spacial score (nSPS) is 18.2. The number of carboxylic acids is 2. The molecule has 35 heavy (non-hydrogen) atoms. The predicted octanol–water partition coefficient (Wildman–Crippen LogP) is 2.57. The third kappa shape index (κ3) is 9.71. The number of benzene rings is 1. The Labute approximate surface area is 214 Å². The van der Waals surface area contributed by atoms with E-state index in [1.807, 2.05) is 15.9 Å². The number of rotatable bonds is 6. The lowest BCUT2D eigenvalue weighted by Gasteiger charge is -2.43. The fourth-order valence-electron chi connectivity index (χ4n) is 3.85. The zero-order valence-electron chi connectivity index (χ0n) is 19.4. The fourth-order valence-corrected chi connectivity index (χ4v) is 4.17. The molecule has 190 valence electrons. The van der Waals surface area contributed by atoms with Crippen LogP contribution in [0, 0.1) is 0 Å². The van der Waals surface area contributed by atoms with E-state index >= 15 is 0 Å². The highest BCUT2D eigenvalue weighted by Gasteiger charge is 2.32. The Balaban J connectivity index is 0.000000466. The molecule has 0 aliphatic carbocycles. The molecular formula is C24H29Cl2N3O6. The summed E-state index contributed by atoms with van der Waals surface area (Å²) in [5, 5.41) is 16.6. The molecule has 3 rings (SSSR count). The lowest BCUT2D eigenvalue weighted by molar-refractivity contribution is -0.142. The molecule has 0 aromatic heterocycles. The van der Waals surface area contributed by atoms with Crippen LogP contribution in [0.3, 0.4) is 0 Å². The predicted molar refractivity (Wildman–Crippen MR) is 133 cm³/mol. The molecule has 1 aromatic rings. The molecule has 11 heteroatoms. The molecule has 1 aromatic carbocycles. The second-order valence-corrected chi connectivity index (χ2v) is 8.98. The number of carboxylic acid groups (broad SMARTS) is 2. The van der Waals surface area contributed by atoms with Crippen LogP contribution in [0.1, 0.15) is 18.9 Å². The number of amides is 2. The molecule has 2 heterocycles. The molecular weight excluding hydrogens is 497 g/mol. The van der Waals surface area contributed by atoms with Gasteiger partial charge in [-0.1, -0.05) is 41.4 Å². The molecule has 2 amide bonds. The van der Waals surface area contributed by atoms with Crippen molar-refractivity contribution in [2.24, 2.45) is 0 Å². The number of carbonyl (C=O) groups is 4. The van der Waals surface area contributed by atoms with Crippen LogP contribution in [0.5, 0.6) is 0 Å². The summed E-state index contributed by atoms with van der Waals surface area (Å²) in [6.45, 7) is 5.98. The van der Waals surface area contributed by atoms with E-state index < -0.39 is 11.9 Å². The fraction of sp³-hybridized carbons (Fsp3) is 0.417. The zero-order chi connectivity index (χ0) is 26.0. The van der Waals surface area contributed by atoms with Crippen LogP contribution < -0.4 is 0 Å². The average molecular weight is 526 g/mol. The second kappa shape index (κ2) is 13.9. The van der Waals surface area contributed by atoms with E-state index in [9.17, 15) is 19.2 Å². The van der Waals surface area contributed by atoms with Crippen molar-refractivity contribution in [1.82, 2.24) is 14.7 Å². The molecule has 0 bridgehead atoms. The van der Waals surface area contributed by atoms with Crippen LogP contribution in [0.15, 0.2) is 42.5 Å². The van der Waals surface area contributed by atoms with Crippen molar-refractivity contribution >= 4 is 47.0 Å². The van der Waals surface area contributed by atoms with Crippen molar-refractivity contribution in [2.75, 3.05) is 39.3 Å². The topological polar surface area (TPSA) is 118 Å². The van der Waals surface area contributed by atoms with Crippen LogP contribution in [-0.4, -0.2) is 94.0 Å². The number of hydrogen-bond donors (Lipinski definition) is 2. The highest BCUT2D eigenvalue weighted by Crippen LogP contribution is 2.23. The molecule has 1 fully saturated rings. The van der Waals surface area contributed by atoms with Gasteiger partial charge in [0.1, 0.15) is 0 Å². The summed E-state index contributed by atoms with van der Waals surface area (Å²) in [5.74, 6) is -2.39. The summed E-state index contributed by atoms with van der Waals surface area (Å²) in [6, 6.07) is 5.31. The Hall–Kier alpha value is -2.88. The molecule has 0 radical (unpaired) electrons. The first-order valence-electron chi connectivity index (χ1n) is 11.1. The van der Waals surface area contributed by atoms with Gasteiger partial charge >= 0.3 is 11.9 Å². The summed E-state index contributed by atoms with van der Waals surface area (Å²) >= 11 is 12.0. The largest absolute Gasteiger partial charge is 0.478 e. The molecule has 1 unspecified atom stereocenters. The van der Waals surface area contributed by atoms with Crippen molar-refractivity contribution in [3.8, 4) is 0 Å². The minimum atomic E-state index is -1.26. The Kier molecular flexibility index (Phi) is 11.2. The summed E-state index contributed by atoms with van der Waals surface area (Å²) in [7, 11) is 0. The van der Waals surface area contributed by atoms with Crippen LogP contribution in [-0.2, 0) is 25.6 Å². The van der Waals surface area contributed by atoms with Crippen LogP contribution in [0.25, 0.3) is 0 Å². The van der Waals surface area contributed by atoms with Crippen molar-refractivity contribution in [2.45, 2.75) is 25.8 Å². The number of halogens is 2. The third-order valence-electron chi connectivity index (χ3n) is 5.57. The summed E-state index contributed by atoms with van der Waals surface area (Å²) in [5.41, 5.74) is 0.850. The third-order valence-corrected chi connectivity index (χ3v) is 6.31. The molecule has 1 atom stereocenters. The monoisotopic (exact) mass is 525 g/mol. The van der Waals surface area contributed by atoms with Gasteiger partial charge in [0.05, 0.1) is 22.5 Å². The molecule has 9 nitrogen and oxygen atoms in total. The quantitative estimate of drug-likeness (QED) is 0.432. The zero-order valence-corrected chi connectivity index (χ0v) is 20.9. The standard InChI is InChI=1S/C20H25Cl2N3O2.C4H4O4/c1-15(26)24-9-10-25(17(14-24)13-23-7-3-2-4-8-23)20(27)12-16-5-6-18(21)19(22)11-16;5-3(6)1-2-4(7)8/h2-3,5-6,11,17H,4,7-10,12-14H2,1H3;1-2H,(H,5,6)(H,7,8)/b;2-1+. The van der Waals surface area contributed by atoms with Gasteiger partial charge in [0, 0.05) is 58.3 Å². The van der Waals surface area contributed by atoms with E-state index in [-0.39, 0.29) is 24.3 Å². The van der Waals surface area contributed by atoms with Gasteiger partial charge in [-0.15, -0.1) is 0 Å². The minimum absolute atomic E-state index is 0.00409. The number of nitrogens with zero attached hydrogens (tertiary/aromatic N) is 3. The van der Waals surface area contributed by atoms with E-state index in [1.165, 1.54) is 0 Å². The van der Waals surface area contributed by atoms with E-state index in [2.05, 4.69) is 17.1 Å². The van der Waals surface area contributed by atoms with Crippen LogP contribution in [0.2, 0.25) is 10.0 Å². The van der Waals surface area contributed by atoms with Gasteiger partial charge in [-0.2, -0.15) is 0 Å². The van der Waals surface area contributed by atoms with Crippen molar-refractivity contribution in [1.29, 1.82) is 0 Å². The maximum absolute atomic E-state index is 13.0. The van der Waals surface area contributed by atoms with E-state index in [4.69, 9.17) is 33.4 Å². The van der Waals surface area contributed by atoms with E-state index in [0.29, 0.717) is 41.8 Å². The molecule has 0 spiro atoms. The van der Waals surface area contributed by atoms with Crippen LogP contribution >= 0.6 is 23.2 Å². The number of carbonyl (C=O) groups excluding carboxylic acids is 2. The van der Waals surface area contributed by atoms with Crippen LogP contribution in [0.4, 0.5) is 0 Å². The van der Waals surface area contributed by atoms with Gasteiger partial charge in [0.2, 0.25) is 11.8 Å². The summed E-state index contributed by atoms with van der Waals surface area (Å²) in [4.78, 5) is 50.1. The molecule has 2 aliphatic heterocycles. The smallest absolute Gasteiger partial charge is 0.328 e. The van der Waals surface area contributed by atoms with Crippen molar-refractivity contribution in [3.05, 3.63) is 58.1 Å². The summed E-state index contributed by atoms with van der Waals surface area (Å²) < 4.78 is 0. The lowest BCUT2D eigenvalue weighted by atomic mass is 10.1. The number of aliphatic carboxylic acids is 2. The first-order chi connectivity index (χ1) is 16.6. The van der Waals surface area contributed by atoms with E-state index in [0.717, 1.165) is 31.6 Å². The highest BCUT2D eigenvalue weighted by molar-refractivity contribution is 6.42. The van der Waals surface area contributed by atoms with E-state index in [1.54, 1.807) is 19.1 Å². The Bertz CT molecular complexity index is 981. The maximum atomic E-state index is 13.0. The van der Waals surface area contributed by atoms with Gasteiger partial charge in [-0.3, -0.25) is 14.5 Å². The second-order valence-electron chi connectivity index (χ2n) is 8.16. The lowest BCUT2D eigenvalue weighted by Crippen LogP contribution is -2.60.